The van der Waals surface area contributed by atoms with Crippen LogP contribution in [0.2, 0.25) is 0 Å². The van der Waals surface area contributed by atoms with Crippen LogP contribution >= 0.6 is 0 Å². The van der Waals surface area contributed by atoms with Gasteiger partial charge in [-0.15, -0.1) is 0 Å². The summed E-state index contributed by atoms with van der Waals surface area (Å²) in [5.74, 6) is 6.77. The van der Waals surface area contributed by atoms with Crippen LogP contribution < -0.4 is 16.0 Å². The third-order valence-corrected chi connectivity index (χ3v) is 3.30. The largest absolute Gasteiger partial charge is 0.496 e. The molecule has 1 atom stereocenters. The second-order valence-corrected chi connectivity index (χ2v) is 4.40. The zero-order chi connectivity index (χ0) is 13.1. The van der Waals surface area contributed by atoms with Crippen LogP contribution in [0.5, 0.6) is 5.75 Å². The highest BCUT2D eigenvalue weighted by atomic mass is 16.5. The fourth-order valence-corrected chi connectivity index (χ4v) is 2.05. The highest BCUT2D eigenvalue weighted by Crippen LogP contribution is 2.32. The van der Waals surface area contributed by atoms with E-state index in [0.29, 0.717) is 5.92 Å². The average Bonchev–Trinajstić information content (AvgIpc) is 2.44. The summed E-state index contributed by atoms with van der Waals surface area (Å²) in [7, 11) is 1.66. The van der Waals surface area contributed by atoms with Crippen LogP contribution in [0.15, 0.2) is 24.3 Å². The number of hydrogen-bond acceptors (Lipinski definition) is 4. The van der Waals surface area contributed by atoms with Crippen molar-refractivity contribution in [3.8, 4) is 5.75 Å². The molecule has 1 unspecified atom stereocenters. The average molecular weight is 245 g/mol. The lowest BCUT2D eigenvalue weighted by Crippen LogP contribution is -2.12. The third kappa shape index (κ3) is 2.11. The molecule has 3 N–H and O–H groups in total. The topological polar surface area (TPSA) is 60.2 Å². The molecule has 0 radical (unpaired) electrons. The minimum atomic E-state index is 0.367. The summed E-state index contributed by atoms with van der Waals surface area (Å²) < 4.78 is 5.35. The van der Waals surface area contributed by atoms with Crippen molar-refractivity contribution in [3.05, 3.63) is 30.0 Å². The number of methoxy groups -OCH3 is 1. The Labute approximate surface area is 107 Å². The lowest BCUT2D eigenvalue weighted by molar-refractivity contribution is 0.419. The van der Waals surface area contributed by atoms with Crippen LogP contribution in [0.1, 0.15) is 31.9 Å². The third-order valence-electron chi connectivity index (χ3n) is 3.30. The number of nitrogens with two attached hydrogens (primary N) is 1. The van der Waals surface area contributed by atoms with Gasteiger partial charge in [-0.3, -0.25) is 10.8 Å². The molecular formula is C14H19N3O. The van der Waals surface area contributed by atoms with Gasteiger partial charge >= 0.3 is 0 Å². The maximum Gasteiger partial charge on any atom is 0.128 e. The first kappa shape index (κ1) is 12.6. The lowest BCUT2D eigenvalue weighted by atomic mass is 10.0. The van der Waals surface area contributed by atoms with Gasteiger partial charge in [0.05, 0.1) is 24.0 Å². The minimum absolute atomic E-state index is 0.367. The first-order chi connectivity index (χ1) is 8.71. The monoisotopic (exact) mass is 245 g/mol. The number of fused-ring (bicyclic) bond motifs is 1. The number of rotatable bonds is 4. The number of hydrogen-bond donors (Lipinski definition) is 2. The van der Waals surface area contributed by atoms with Crippen molar-refractivity contribution in [2.45, 2.75) is 26.2 Å². The number of nitrogens with zero attached hydrogens (tertiary/aromatic N) is 1. The van der Waals surface area contributed by atoms with E-state index in [0.717, 1.165) is 34.5 Å². The van der Waals surface area contributed by atoms with Crippen molar-refractivity contribution in [1.29, 1.82) is 0 Å². The van der Waals surface area contributed by atoms with Gasteiger partial charge in [-0.25, -0.2) is 0 Å². The Hall–Kier alpha value is -1.81. The van der Waals surface area contributed by atoms with E-state index < -0.39 is 0 Å². The van der Waals surface area contributed by atoms with Crippen molar-refractivity contribution in [2.24, 2.45) is 5.84 Å². The standard InChI is InChI=1S/C14H19N3O/c1-4-9(2)14-12(17-15)8-10-11(16-14)6-5-7-13(10)18-3/h5-9,17H,4,15H2,1-3H3. The van der Waals surface area contributed by atoms with Crippen LogP contribution in [-0.2, 0) is 0 Å². The second-order valence-electron chi connectivity index (χ2n) is 4.40. The molecule has 18 heavy (non-hydrogen) atoms. The molecule has 0 fully saturated rings. The van der Waals surface area contributed by atoms with Gasteiger partial charge < -0.3 is 10.2 Å². The highest BCUT2D eigenvalue weighted by Gasteiger charge is 2.13. The van der Waals surface area contributed by atoms with Crippen molar-refractivity contribution in [1.82, 2.24) is 4.98 Å². The first-order valence-electron chi connectivity index (χ1n) is 6.15. The van der Waals surface area contributed by atoms with Crippen molar-refractivity contribution in [2.75, 3.05) is 12.5 Å². The second kappa shape index (κ2) is 5.23. The quantitative estimate of drug-likeness (QED) is 0.642. The van der Waals surface area contributed by atoms with Gasteiger partial charge in [-0.1, -0.05) is 19.9 Å². The van der Waals surface area contributed by atoms with Gasteiger partial charge in [0.25, 0.3) is 0 Å². The lowest BCUT2D eigenvalue weighted by Gasteiger charge is -2.15. The van der Waals surface area contributed by atoms with Crippen molar-refractivity contribution >= 4 is 16.6 Å². The molecule has 1 heterocycles. The van der Waals surface area contributed by atoms with Crippen LogP contribution in [0.25, 0.3) is 10.9 Å². The number of anilines is 1. The molecule has 0 aliphatic heterocycles. The Morgan fingerprint density at radius 1 is 1.44 bits per heavy atom. The zero-order valence-electron chi connectivity index (χ0n) is 11.0. The summed E-state index contributed by atoms with van der Waals surface area (Å²) in [5, 5.41) is 0.972. The number of nitrogens with one attached hydrogen (secondary N) is 1. The molecule has 0 amide bonds. The summed E-state index contributed by atoms with van der Waals surface area (Å²) >= 11 is 0. The predicted molar refractivity (Wildman–Crippen MR) is 74.8 cm³/mol. The van der Waals surface area contributed by atoms with E-state index in [1.54, 1.807) is 7.11 Å². The molecule has 0 aliphatic carbocycles. The number of pyridine rings is 1. The van der Waals surface area contributed by atoms with E-state index in [4.69, 9.17) is 15.6 Å². The van der Waals surface area contributed by atoms with Gasteiger partial charge in [0, 0.05) is 11.3 Å². The molecule has 0 spiro atoms. The summed E-state index contributed by atoms with van der Waals surface area (Å²) in [4.78, 5) is 4.70. The fraction of sp³-hybridized carbons (Fsp3) is 0.357. The van der Waals surface area contributed by atoms with E-state index in [1.165, 1.54) is 0 Å². The zero-order valence-corrected chi connectivity index (χ0v) is 11.0. The number of hydrazine groups is 1. The maximum absolute atomic E-state index is 5.59. The number of ether oxygens (including phenoxy) is 1. The van der Waals surface area contributed by atoms with Crippen molar-refractivity contribution in [3.63, 3.8) is 0 Å². The van der Waals surface area contributed by atoms with E-state index in [9.17, 15) is 0 Å². The minimum Gasteiger partial charge on any atom is -0.496 e. The van der Waals surface area contributed by atoms with E-state index in [1.807, 2.05) is 24.3 Å². The van der Waals surface area contributed by atoms with Crippen LogP contribution in [0.3, 0.4) is 0 Å². The molecule has 4 heteroatoms. The van der Waals surface area contributed by atoms with Gasteiger partial charge in [0.2, 0.25) is 0 Å². The molecule has 96 valence electrons. The summed E-state index contributed by atoms with van der Waals surface area (Å²) in [6.45, 7) is 4.29. The Balaban J connectivity index is 2.68. The number of aromatic nitrogens is 1. The molecule has 1 aromatic heterocycles. The number of benzene rings is 1. The molecule has 1 aromatic carbocycles. The van der Waals surface area contributed by atoms with Crippen LogP contribution in [0, 0.1) is 0 Å². The van der Waals surface area contributed by atoms with Gasteiger partial charge in [-0.05, 0) is 24.6 Å². The molecule has 0 saturated carbocycles. The van der Waals surface area contributed by atoms with E-state index >= 15 is 0 Å². The van der Waals surface area contributed by atoms with E-state index in [2.05, 4.69) is 19.3 Å². The highest BCUT2D eigenvalue weighted by molar-refractivity contribution is 5.88. The molecular weight excluding hydrogens is 226 g/mol. The SMILES string of the molecule is CCC(C)c1nc2cccc(OC)c2cc1NN. The summed E-state index contributed by atoms with van der Waals surface area (Å²) in [6.07, 6.45) is 1.02. The Kier molecular flexibility index (Phi) is 3.67. The van der Waals surface area contributed by atoms with Crippen LogP contribution in [-0.4, -0.2) is 12.1 Å². The van der Waals surface area contributed by atoms with Crippen LogP contribution in [0.4, 0.5) is 5.69 Å². The molecule has 0 saturated heterocycles. The predicted octanol–water partition coefficient (Wildman–Crippen LogP) is 3.04. The Morgan fingerprint density at radius 3 is 2.83 bits per heavy atom. The maximum atomic E-state index is 5.59. The summed E-state index contributed by atoms with van der Waals surface area (Å²) in [5.41, 5.74) is 5.53. The Morgan fingerprint density at radius 2 is 2.22 bits per heavy atom. The number of nitrogen functional groups attached to an aromatic ring is 1. The molecule has 2 aromatic rings. The Bertz CT molecular complexity index is 554. The van der Waals surface area contributed by atoms with Crippen molar-refractivity contribution < 1.29 is 4.74 Å². The fourth-order valence-electron chi connectivity index (χ4n) is 2.05. The molecule has 0 aliphatic rings. The molecule has 4 nitrogen and oxygen atoms in total. The first-order valence-corrected chi connectivity index (χ1v) is 6.15. The molecule has 2 rings (SSSR count). The summed E-state index contributed by atoms with van der Waals surface area (Å²) in [6, 6.07) is 7.87. The van der Waals surface area contributed by atoms with Gasteiger partial charge in [0.1, 0.15) is 5.75 Å². The van der Waals surface area contributed by atoms with E-state index in [-0.39, 0.29) is 0 Å². The smallest absolute Gasteiger partial charge is 0.128 e. The molecule has 0 bridgehead atoms. The van der Waals surface area contributed by atoms with Gasteiger partial charge in [0.15, 0.2) is 0 Å². The van der Waals surface area contributed by atoms with Gasteiger partial charge in [-0.2, -0.15) is 0 Å². The normalized spacial score (nSPS) is 12.4.